The SMILES string of the molecule is Nc1cnn(CC2(F)COC2)c1. The van der Waals surface area contributed by atoms with E-state index in [0.29, 0.717) is 5.69 Å². The van der Waals surface area contributed by atoms with E-state index in [1.165, 1.54) is 10.9 Å². The second-order valence-corrected chi connectivity index (χ2v) is 3.11. The highest BCUT2D eigenvalue weighted by Gasteiger charge is 2.39. The summed E-state index contributed by atoms with van der Waals surface area (Å²) in [6.07, 6.45) is 3.11. The Balaban J connectivity index is 2.03. The van der Waals surface area contributed by atoms with Gasteiger partial charge in [0, 0.05) is 6.20 Å². The molecule has 0 unspecified atom stereocenters. The lowest BCUT2D eigenvalue weighted by Crippen LogP contribution is -2.48. The summed E-state index contributed by atoms with van der Waals surface area (Å²) in [6, 6.07) is 0. The van der Waals surface area contributed by atoms with Gasteiger partial charge in [-0.3, -0.25) is 4.68 Å². The van der Waals surface area contributed by atoms with Gasteiger partial charge in [-0.1, -0.05) is 0 Å². The van der Waals surface area contributed by atoms with Gasteiger partial charge < -0.3 is 10.5 Å². The zero-order valence-corrected chi connectivity index (χ0v) is 6.53. The average Bonchev–Trinajstić information content (AvgIpc) is 2.32. The summed E-state index contributed by atoms with van der Waals surface area (Å²) in [5, 5.41) is 3.88. The molecule has 2 heterocycles. The highest BCUT2D eigenvalue weighted by atomic mass is 19.1. The third-order valence-electron chi connectivity index (χ3n) is 1.82. The van der Waals surface area contributed by atoms with Crippen molar-refractivity contribution in [2.75, 3.05) is 18.9 Å². The van der Waals surface area contributed by atoms with Gasteiger partial charge in [-0.05, 0) is 0 Å². The summed E-state index contributed by atoms with van der Waals surface area (Å²) in [5.41, 5.74) is 4.74. The minimum absolute atomic E-state index is 0.159. The molecule has 1 aliphatic rings. The molecule has 1 saturated heterocycles. The Morgan fingerprint density at radius 3 is 2.92 bits per heavy atom. The first-order valence-electron chi connectivity index (χ1n) is 3.73. The number of anilines is 1. The topological polar surface area (TPSA) is 53.1 Å². The van der Waals surface area contributed by atoms with Gasteiger partial charge in [0.25, 0.3) is 0 Å². The number of ether oxygens (including phenoxy) is 1. The van der Waals surface area contributed by atoms with Crippen LogP contribution in [0.2, 0.25) is 0 Å². The number of hydrogen-bond acceptors (Lipinski definition) is 3. The fourth-order valence-electron chi connectivity index (χ4n) is 1.17. The van der Waals surface area contributed by atoms with Crippen LogP contribution in [-0.4, -0.2) is 28.7 Å². The van der Waals surface area contributed by atoms with Crippen LogP contribution in [0.15, 0.2) is 12.4 Å². The fourth-order valence-corrected chi connectivity index (χ4v) is 1.17. The quantitative estimate of drug-likeness (QED) is 0.691. The van der Waals surface area contributed by atoms with Gasteiger partial charge >= 0.3 is 0 Å². The molecule has 0 aliphatic carbocycles. The van der Waals surface area contributed by atoms with Crippen molar-refractivity contribution in [2.45, 2.75) is 12.2 Å². The number of nitrogens with zero attached hydrogens (tertiary/aromatic N) is 2. The van der Waals surface area contributed by atoms with Gasteiger partial charge in [0.05, 0.1) is 31.6 Å². The lowest BCUT2D eigenvalue weighted by molar-refractivity contribution is -0.138. The summed E-state index contributed by atoms with van der Waals surface area (Å²) in [5.74, 6) is 0. The lowest BCUT2D eigenvalue weighted by Gasteiger charge is -2.33. The van der Waals surface area contributed by atoms with E-state index >= 15 is 0 Å². The summed E-state index contributed by atoms with van der Waals surface area (Å²) >= 11 is 0. The maximum absolute atomic E-state index is 13.4. The van der Waals surface area contributed by atoms with Gasteiger partial charge in [-0.2, -0.15) is 5.10 Å². The largest absolute Gasteiger partial charge is 0.396 e. The third kappa shape index (κ3) is 1.27. The van der Waals surface area contributed by atoms with Crippen LogP contribution < -0.4 is 5.73 Å². The van der Waals surface area contributed by atoms with Crippen LogP contribution in [0.5, 0.6) is 0 Å². The normalized spacial score (nSPS) is 20.4. The molecule has 0 bridgehead atoms. The van der Waals surface area contributed by atoms with Crippen LogP contribution >= 0.6 is 0 Å². The Bertz CT molecular complexity index is 282. The fraction of sp³-hybridized carbons (Fsp3) is 0.571. The number of alkyl halides is 1. The Morgan fingerprint density at radius 2 is 2.50 bits per heavy atom. The number of nitrogens with two attached hydrogens (primary N) is 1. The Kier molecular flexibility index (Phi) is 1.54. The number of nitrogen functional groups attached to an aromatic ring is 1. The van der Waals surface area contributed by atoms with E-state index in [1.807, 2.05) is 0 Å². The van der Waals surface area contributed by atoms with Crippen LogP contribution in [0.3, 0.4) is 0 Å². The predicted octanol–water partition coefficient (Wildman–Crippen LogP) is 0.204. The second-order valence-electron chi connectivity index (χ2n) is 3.11. The molecule has 1 fully saturated rings. The molecule has 1 aromatic heterocycles. The Labute approximate surface area is 69.1 Å². The first-order valence-corrected chi connectivity index (χ1v) is 3.73. The second kappa shape index (κ2) is 2.45. The van der Waals surface area contributed by atoms with E-state index in [9.17, 15) is 4.39 Å². The van der Waals surface area contributed by atoms with Crippen LogP contribution in [0, 0.1) is 0 Å². The zero-order valence-electron chi connectivity index (χ0n) is 6.53. The van der Waals surface area contributed by atoms with Crippen LogP contribution in [0.25, 0.3) is 0 Å². The molecule has 2 rings (SSSR count). The molecule has 4 nitrogen and oxygen atoms in total. The number of rotatable bonds is 2. The third-order valence-corrected chi connectivity index (χ3v) is 1.82. The maximum atomic E-state index is 13.4. The van der Waals surface area contributed by atoms with Crippen molar-refractivity contribution in [3.63, 3.8) is 0 Å². The summed E-state index contributed by atoms with van der Waals surface area (Å²) in [7, 11) is 0. The van der Waals surface area contributed by atoms with Crippen molar-refractivity contribution in [3.8, 4) is 0 Å². The molecule has 0 atom stereocenters. The van der Waals surface area contributed by atoms with E-state index in [1.54, 1.807) is 6.20 Å². The van der Waals surface area contributed by atoms with E-state index in [0.717, 1.165) is 0 Å². The molecular formula is C7H10FN3O. The van der Waals surface area contributed by atoms with Crippen LogP contribution in [-0.2, 0) is 11.3 Å². The van der Waals surface area contributed by atoms with Crippen molar-refractivity contribution >= 4 is 5.69 Å². The molecule has 66 valence electrons. The molecule has 0 saturated carbocycles. The molecule has 0 radical (unpaired) electrons. The van der Waals surface area contributed by atoms with Crippen molar-refractivity contribution in [3.05, 3.63) is 12.4 Å². The van der Waals surface area contributed by atoms with Crippen molar-refractivity contribution in [1.29, 1.82) is 0 Å². The van der Waals surface area contributed by atoms with Gasteiger partial charge in [-0.15, -0.1) is 0 Å². The molecule has 0 amide bonds. The van der Waals surface area contributed by atoms with Crippen LogP contribution in [0.1, 0.15) is 0 Å². The molecule has 2 N–H and O–H groups in total. The first-order chi connectivity index (χ1) is 5.68. The first kappa shape index (κ1) is 7.54. The smallest absolute Gasteiger partial charge is 0.176 e. The van der Waals surface area contributed by atoms with Crippen molar-refractivity contribution < 1.29 is 9.13 Å². The molecular weight excluding hydrogens is 161 g/mol. The standard InChI is InChI=1S/C7H10FN3O/c8-7(4-12-5-7)3-11-2-6(9)1-10-11/h1-2H,3-5,9H2. The van der Waals surface area contributed by atoms with Crippen LogP contribution in [0.4, 0.5) is 10.1 Å². The number of halogens is 1. The lowest BCUT2D eigenvalue weighted by atomic mass is 10.1. The van der Waals surface area contributed by atoms with Gasteiger partial charge in [0.2, 0.25) is 0 Å². The zero-order chi connectivity index (χ0) is 8.60. The van der Waals surface area contributed by atoms with Gasteiger partial charge in [0.15, 0.2) is 5.67 Å². The molecule has 12 heavy (non-hydrogen) atoms. The Hall–Kier alpha value is -1.10. The van der Waals surface area contributed by atoms with Gasteiger partial charge in [-0.25, -0.2) is 4.39 Å². The molecule has 0 aromatic carbocycles. The summed E-state index contributed by atoms with van der Waals surface area (Å²) < 4.78 is 19.6. The molecule has 1 aromatic rings. The highest BCUT2D eigenvalue weighted by molar-refractivity contribution is 5.30. The monoisotopic (exact) mass is 171 g/mol. The molecule has 0 spiro atoms. The molecule has 1 aliphatic heterocycles. The highest BCUT2D eigenvalue weighted by Crippen LogP contribution is 2.23. The number of aromatic nitrogens is 2. The van der Waals surface area contributed by atoms with Gasteiger partial charge in [0.1, 0.15) is 0 Å². The predicted molar refractivity (Wildman–Crippen MR) is 41.3 cm³/mol. The number of hydrogen-bond donors (Lipinski definition) is 1. The average molecular weight is 171 g/mol. The van der Waals surface area contributed by atoms with E-state index < -0.39 is 5.67 Å². The van der Waals surface area contributed by atoms with E-state index in [2.05, 4.69) is 5.10 Å². The minimum Gasteiger partial charge on any atom is -0.396 e. The summed E-state index contributed by atoms with van der Waals surface area (Å²) in [6.45, 7) is 0.545. The maximum Gasteiger partial charge on any atom is 0.176 e. The minimum atomic E-state index is -1.24. The molecule has 5 heteroatoms. The van der Waals surface area contributed by atoms with E-state index in [4.69, 9.17) is 10.5 Å². The van der Waals surface area contributed by atoms with Crippen molar-refractivity contribution in [2.24, 2.45) is 0 Å². The van der Waals surface area contributed by atoms with E-state index in [-0.39, 0.29) is 19.8 Å². The summed E-state index contributed by atoms with van der Waals surface area (Å²) in [4.78, 5) is 0. The van der Waals surface area contributed by atoms with Crippen molar-refractivity contribution in [1.82, 2.24) is 9.78 Å². The Morgan fingerprint density at radius 1 is 1.75 bits per heavy atom.